The average Bonchev–Trinajstić information content (AvgIpc) is 3.61. The van der Waals surface area contributed by atoms with Crippen molar-refractivity contribution in [1.82, 2.24) is 15.7 Å². The van der Waals surface area contributed by atoms with Gasteiger partial charge in [-0.25, -0.2) is 30.0 Å². The molecule has 0 aromatic heterocycles. The second-order valence-electron chi connectivity index (χ2n) is 23.6. The Kier molecular flexibility index (Phi) is 20.2. The molecule has 12 bridgehead atoms. The van der Waals surface area contributed by atoms with E-state index in [2.05, 4.69) is 41.3 Å². The van der Waals surface area contributed by atoms with Gasteiger partial charge in [-0.2, -0.15) is 24.4 Å². The van der Waals surface area contributed by atoms with Crippen LogP contribution in [0.2, 0.25) is 0 Å². The molecule has 12 saturated carbocycles. The molecule has 72 heavy (non-hydrogen) atoms. The van der Waals surface area contributed by atoms with Crippen molar-refractivity contribution in [2.75, 3.05) is 60.9 Å². The first-order chi connectivity index (χ1) is 33.9. The zero-order valence-corrected chi connectivity index (χ0v) is 46.7. The molecule has 0 spiro atoms. The number of rotatable bonds is 17. The summed E-state index contributed by atoms with van der Waals surface area (Å²) in [7, 11) is -10.5. The number of amides is 4. The Morgan fingerprint density at radius 2 is 0.931 bits per heavy atom. The van der Waals surface area contributed by atoms with Gasteiger partial charge in [0, 0.05) is 42.5 Å². The van der Waals surface area contributed by atoms with Gasteiger partial charge in [0.05, 0.1) is 5.75 Å². The molecule has 4 N–H and O–H groups in total. The molecule has 13 rings (SSSR count). The Balaban J connectivity index is 0.000000158. The molecule has 0 aromatic carbocycles. The molecule has 0 atom stereocenters. The first-order valence-corrected chi connectivity index (χ1v) is 33.6. The maximum atomic E-state index is 12.0. The van der Waals surface area contributed by atoms with Crippen LogP contribution in [0.1, 0.15) is 128 Å². The standard InChI is InChI=1S/C16H27NO3S2.C15H23NO3S.C11H19N.C8H9NO6S.CH4S/c1-21-2-3-22(19,20)10-15(18)17-11-16-7-12-4-13(8-16)6-14(5-12)9-16;1-2-20(18,19)9-14(17)16-10-15-6-11-3-12(7-15)5-13(4-11)8-15;12-7-11-4-8-1-9(5-11)3-10(2-8)6-11;1-2-16(13,14)5-8(12)15-9-6(10)3-4-7(9)11;1-2/h12-14H,2-11H2,1H3,(H,17,18);2,11-13H,1,3-10H2,(H,16,17);8-10H,1-7,12H2;2H,1,3-5H2;2H,1H3. The molecule has 4 amide bonds. The molecular weight excluding hydrogens is 1020 g/mol. The Morgan fingerprint density at radius 3 is 1.25 bits per heavy atom. The second-order valence-corrected chi connectivity index (χ2v) is 30.7. The van der Waals surface area contributed by atoms with E-state index in [1.165, 1.54) is 127 Å². The molecule has 13 aliphatic rings. The summed E-state index contributed by atoms with van der Waals surface area (Å²) < 4.78 is 68.3. The number of nitrogens with two attached hydrogens (primary N) is 1. The van der Waals surface area contributed by atoms with Gasteiger partial charge in [-0.15, -0.1) is 5.06 Å². The van der Waals surface area contributed by atoms with Crippen molar-refractivity contribution in [2.45, 2.75) is 128 Å². The third kappa shape index (κ3) is 16.0. The van der Waals surface area contributed by atoms with E-state index in [0.29, 0.717) is 34.7 Å². The summed E-state index contributed by atoms with van der Waals surface area (Å²) in [5, 5.41) is 7.56. The lowest BCUT2D eigenvalue weighted by atomic mass is 9.49. The van der Waals surface area contributed by atoms with Crippen molar-refractivity contribution in [3.8, 4) is 0 Å². The topological polar surface area (TPSA) is 250 Å². The number of hydroxylamine groups is 2. The summed E-state index contributed by atoms with van der Waals surface area (Å²) >= 11 is 5.02. The van der Waals surface area contributed by atoms with Gasteiger partial charge in [-0.05, 0) is 204 Å². The SMILES string of the molecule is C=CS(=O)(=O)CC(=O)NCC12CC3CC(CC(C3)C1)C2.C=CS(=O)(=O)CC(=O)ON1C(=O)CCC1=O.CS.CSCCS(=O)(=O)CC(=O)NCC12CC3CC(CC(C3)C1)C2.NCC12CC3CC(CC(C3)C1)C2. The fourth-order valence-electron chi connectivity index (χ4n) is 16.0. The van der Waals surface area contributed by atoms with Crippen LogP contribution in [-0.2, 0) is 58.3 Å². The summed E-state index contributed by atoms with van der Waals surface area (Å²) in [5.41, 5.74) is 7.07. The van der Waals surface area contributed by atoms with Gasteiger partial charge in [0.15, 0.2) is 35.3 Å². The molecular formula is C51H82N4O12S5. The number of imide groups is 1. The smallest absolute Gasteiger partial charge is 0.348 e. The van der Waals surface area contributed by atoms with Crippen LogP contribution in [-0.4, -0.2) is 121 Å². The molecule has 1 aliphatic heterocycles. The van der Waals surface area contributed by atoms with Crippen LogP contribution in [0.3, 0.4) is 0 Å². The Morgan fingerprint density at radius 1 is 0.611 bits per heavy atom. The van der Waals surface area contributed by atoms with Crippen molar-refractivity contribution in [3.05, 3.63) is 24.0 Å². The van der Waals surface area contributed by atoms with Crippen molar-refractivity contribution in [1.29, 1.82) is 0 Å². The zero-order valence-electron chi connectivity index (χ0n) is 42.6. The fraction of sp³-hybridized carbons (Fsp3) is 0.824. The summed E-state index contributed by atoms with van der Waals surface area (Å²) in [5.74, 6) is 3.99. The number of carbonyl (C=O) groups is 5. The predicted molar refractivity (Wildman–Crippen MR) is 284 cm³/mol. The molecule has 1 heterocycles. The zero-order chi connectivity index (χ0) is 52.7. The maximum absolute atomic E-state index is 12.0. The van der Waals surface area contributed by atoms with Crippen LogP contribution in [0.15, 0.2) is 24.0 Å². The van der Waals surface area contributed by atoms with Gasteiger partial charge >= 0.3 is 5.97 Å². The van der Waals surface area contributed by atoms with E-state index >= 15 is 0 Å². The van der Waals surface area contributed by atoms with Crippen LogP contribution in [0, 0.1) is 69.5 Å². The first-order valence-electron chi connectivity index (χ1n) is 26.1. The van der Waals surface area contributed by atoms with Crippen LogP contribution >= 0.6 is 24.4 Å². The van der Waals surface area contributed by atoms with Crippen molar-refractivity contribution < 1.29 is 54.1 Å². The minimum absolute atomic E-state index is 0.0413. The lowest BCUT2D eigenvalue weighted by Gasteiger charge is -2.56. The summed E-state index contributed by atoms with van der Waals surface area (Å²) in [4.78, 5) is 61.2. The van der Waals surface area contributed by atoms with E-state index in [-0.39, 0.29) is 47.0 Å². The highest BCUT2D eigenvalue weighted by Crippen LogP contribution is 2.61. The van der Waals surface area contributed by atoms with Gasteiger partial charge in [0.25, 0.3) is 11.8 Å². The third-order valence-electron chi connectivity index (χ3n) is 17.6. The number of carbonyl (C=O) groups excluding carboxylic acids is 5. The Hall–Kier alpha value is -2.46. The van der Waals surface area contributed by atoms with E-state index in [1.54, 1.807) is 6.26 Å². The molecule has 0 aromatic rings. The quantitative estimate of drug-likeness (QED) is 0.0988. The molecule has 1 saturated heterocycles. The van der Waals surface area contributed by atoms with Crippen LogP contribution < -0.4 is 16.4 Å². The number of thiol groups is 1. The van der Waals surface area contributed by atoms with Gasteiger partial charge in [-0.1, -0.05) is 13.2 Å². The molecule has 12 aliphatic carbocycles. The highest BCUT2D eigenvalue weighted by molar-refractivity contribution is 8.00. The van der Waals surface area contributed by atoms with Crippen LogP contribution in [0.5, 0.6) is 0 Å². The van der Waals surface area contributed by atoms with Gasteiger partial charge in [-0.3, -0.25) is 19.2 Å². The number of sulfone groups is 3. The fourth-order valence-corrected chi connectivity index (χ4v) is 19.4. The highest BCUT2D eigenvalue weighted by atomic mass is 32.2. The van der Waals surface area contributed by atoms with Crippen molar-refractivity contribution in [3.63, 3.8) is 0 Å². The number of hydrogen-bond acceptors (Lipinski definition) is 15. The van der Waals surface area contributed by atoms with Crippen LogP contribution in [0.4, 0.5) is 0 Å². The number of nitrogens with one attached hydrogen (secondary N) is 2. The Bertz CT molecular complexity index is 2220. The largest absolute Gasteiger partial charge is 0.355 e. The number of nitrogens with zero attached hydrogens (tertiary/aromatic N) is 1. The van der Waals surface area contributed by atoms with E-state index < -0.39 is 58.8 Å². The molecule has 16 nitrogen and oxygen atoms in total. The third-order valence-corrected chi connectivity index (χ3v) is 22.3. The Labute approximate surface area is 439 Å². The van der Waals surface area contributed by atoms with Crippen LogP contribution in [0.25, 0.3) is 0 Å². The lowest BCUT2D eigenvalue weighted by Crippen LogP contribution is -2.51. The van der Waals surface area contributed by atoms with Crippen molar-refractivity contribution in [2.24, 2.45) is 75.2 Å². The maximum Gasteiger partial charge on any atom is 0.348 e. The van der Waals surface area contributed by atoms with E-state index in [9.17, 15) is 49.2 Å². The minimum Gasteiger partial charge on any atom is -0.355 e. The monoisotopic (exact) mass is 1100 g/mol. The lowest BCUT2D eigenvalue weighted by molar-refractivity contribution is -0.195. The van der Waals surface area contributed by atoms with E-state index in [1.807, 2.05) is 6.26 Å². The molecule has 0 unspecified atom stereocenters. The van der Waals surface area contributed by atoms with Gasteiger partial charge in [0.1, 0.15) is 11.5 Å². The highest BCUT2D eigenvalue weighted by Gasteiger charge is 2.53. The molecule has 13 fully saturated rings. The minimum atomic E-state index is -3.76. The normalized spacial score (nSPS) is 35.0. The first kappa shape index (κ1) is 58.8. The van der Waals surface area contributed by atoms with Gasteiger partial charge < -0.3 is 21.2 Å². The predicted octanol–water partition coefficient (Wildman–Crippen LogP) is 5.83. The van der Waals surface area contributed by atoms with Gasteiger partial charge in [0.2, 0.25) is 11.8 Å². The summed E-state index contributed by atoms with van der Waals surface area (Å²) in [6, 6.07) is 0. The molecule has 0 radical (unpaired) electrons. The number of thioether (sulfide) groups is 1. The average molecular weight is 1100 g/mol. The second kappa shape index (κ2) is 24.7. The summed E-state index contributed by atoms with van der Waals surface area (Å²) in [6.45, 7) is 8.55. The molecule has 21 heteroatoms. The number of hydrogen-bond donors (Lipinski definition) is 4. The van der Waals surface area contributed by atoms with E-state index in [0.717, 1.165) is 65.2 Å². The van der Waals surface area contributed by atoms with Crippen molar-refractivity contribution >= 4 is 83.5 Å². The van der Waals surface area contributed by atoms with E-state index in [4.69, 9.17) is 5.73 Å². The molecule has 408 valence electrons. The summed E-state index contributed by atoms with van der Waals surface area (Å²) in [6.07, 6.45) is 28.1.